The van der Waals surface area contributed by atoms with Crippen molar-refractivity contribution in [3.05, 3.63) is 68.3 Å². The Bertz CT molecular complexity index is 1630. The number of halogens is 1. The number of amides is 2. The molecule has 1 aromatic carbocycles. The third-order valence-corrected chi connectivity index (χ3v) is 12.0. The van der Waals surface area contributed by atoms with E-state index in [1.807, 2.05) is 25.1 Å². The van der Waals surface area contributed by atoms with Crippen LogP contribution in [-0.2, 0) is 28.4 Å². The van der Waals surface area contributed by atoms with Gasteiger partial charge in [-0.05, 0) is 55.1 Å². The zero-order valence-electron chi connectivity index (χ0n) is 24.1. The molecule has 2 amide bonds. The van der Waals surface area contributed by atoms with Crippen molar-refractivity contribution in [2.45, 2.75) is 70.3 Å². The fourth-order valence-electron chi connectivity index (χ4n) is 5.51. The highest BCUT2D eigenvalue weighted by molar-refractivity contribution is 7.98. The van der Waals surface area contributed by atoms with Gasteiger partial charge in [0.1, 0.15) is 5.00 Å². The minimum absolute atomic E-state index is 0.0330. The van der Waals surface area contributed by atoms with Crippen molar-refractivity contribution < 1.29 is 18.0 Å². The number of aryl methyl sites for hydroxylation is 1. The number of nitrogens with zero attached hydrogens (tertiary/aromatic N) is 2. The second kappa shape index (κ2) is 12.3. The molecule has 3 heterocycles. The highest BCUT2D eigenvalue weighted by Crippen LogP contribution is 2.44. The van der Waals surface area contributed by atoms with Crippen molar-refractivity contribution in [3.63, 3.8) is 0 Å². The van der Waals surface area contributed by atoms with Crippen molar-refractivity contribution in [3.8, 4) is 0 Å². The maximum absolute atomic E-state index is 13.6. The van der Waals surface area contributed by atoms with Gasteiger partial charge in [-0.15, -0.1) is 11.3 Å². The number of thioether (sulfide) groups is 1. The summed E-state index contributed by atoms with van der Waals surface area (Å²) in [7, 11) is -3.16. The minimum Gasteiger partial charge on any atom is -0.348 e. The molecule has 2 aromatic heterocycles. The van der Waals surface area contributed by atoms with Crippen LogP contribution in [0.5, 0.6) is 0 Å². The summed E-state index contributed by atoms with van der Waals surface area (Å²) in [4.78, 5) is 37.0. The summed E-state index contributed by atoms with van der Waals surface area (Å²) in [5, 5.41) is 6.81. The van der Waals surface area contributed by atoms with Gasteiger partial charge in [-0.3, -0.25) is 9.59 Å². The van der Waals surface area contributed by atoms with Crippen LogP contribution in [0.4, 0.5) is 5.00 Å². The van der Waals surface area contributed by atoms with Crippen molar-refractivity contribution in [1.29, 1.82) is 0 Å². The first-order chi connectivity index (χ1) is 19.8. The third kappa shape index (κ3) is 7.18. The quantitative estimate of drug-likeness (QED) is 0.235. The molecule has 1 aliphatic heterocycles. The largest absolute Gasteiger partial charge is 0.348 e. The molecule has 2 aliphatic rings. The molecule has 8 nitrogen and oxygen atoms in total. The Morgan fingerprint density at radius 1 is 1.19 bits per heavy atom. The monoisotopic (exact) mass is 646 g/mol. The number of fused-ring (bicyclic) bond motifs is 1. The lowest BCUT2D eigenvalue weighted by Crippen LogP contribution is -2.36. The molecule has 2 unspecified atom stereocenters. The predicted molar refractivity (Wildman–Crippen MR) is 170 cm³/mol. The van der Waals surface area contributed by atoms with Gasteiger partial charge in [0.25, 0.3) is 11.8 Å². The molecule has 5 rings (SSSR count). The molecular formula is C30H35ClN4O4S3. The predicted octanol–water partition coefficient (Wildman–Crippen LogP) is 6.11. The van der Waals surface area contributed by atoms with Crippen LogP contribution < -0.4 is 10.6 Å². The summed E-state index contributed by atoms with van der Waals surface area (Å²) in [6.45, 7) is 8.70. The number of hydrogen-bond acceptors (Lipinski definition) is 8. The Labute approximate surface area is 260 Å². The van der Waals surface area contributed by atoms with Crippen LogP contribution in [0, 0.1) is 18.3 Å². The van der Waals surface area contributed by atoms with E-state index in [2.05, 4.69) is 47.4 Å². The molecule has 0 radical (unpaired) electrons. The van der Waals surface area contributed by atoms with E-state index in [1.54, 1.807) is 0 Å². The number of hydrogen-bond donors (Lipinski definition) is 2. The Morgan fingerprint density at radius 3 is 2.67 bits per heavy atom. The molecule has 2 N–H and O–H groups in total. The van der Waals surface area contributed by atoms with E-state index in [9.17, 15) is 18.0 Å². The number of thiophene rings is 1. The standard InChI is InChI=1S/C30H35ClN4O4S3/c1-17-6-5-7-18(12-17)15-40-29-32-14-22(31)25(34-29)27(37)35-28-24(26(36)33-20-10-11-42(38,39)16-20)21-9-8-19(30(2,3)4)13-23(21)41-28/h5-7,12,14,19-20H,8-11,13,15-16H2,1-4H3,(H,33,36)(H,35,37). The van der Waals surface area contributed by atoms with Gasteiger partial charge in [0.2, 0.25) is 0 Å². The number of carbonyl (C=O) groups excluding carboxylic acids is 2. The van der Waals surface area contributed by atoms with E-state index in [4.69, 9.17) is 11.6 Å². The third-order valence-electron chi connectivity index (χ3n) is 7.90. The van der Waals surface area contributed by atoms with Crippen LogP contribution in [0.15, 0.2) is 35.6 Å². The van der Waals surface area contributed by atoms with Gasteiger partial charge in [-0.1, -0.05) is 74.0 Å². The molecule has 42 heavy (non-hydrogen) atoms. The molecule has 3 aromatic rings. The summed E-state index contributed by atoms with van der Waals surface area (Å²) in [5.74, 6) is 0.182. The topological polar surface area (TPSA) is 118 Å². The van der Waals surface area contributed by atoms with E-state index in [0.29, 0.717) is 40.2 Å². The smallest absolute Gasteiger partial charge is 0.276 e. The lowest BCUT2D eigenvalue weighted by molar-refractivity contribution is 0.0941. The zero-order valence-corrected chi connectivity index (χ0v) is 27.3. The average Bonchev–Trinajstić information content (AvgIpc) is 3.45. The molecule has 1 aliphatic carbocycles. The van der Waals surface area contributed by atoms with Crippen LogP contribution in [0.25, 0.3) is 0 Å². The van der Waals surface area contributed by atoms with Gasteiger partial charge in [0.15, 0.2) is 20.7 Å². The molecular weight excluding hydrogens is 612 g/mol. The van der Waals surface area contributed by atoms with Crippen LogP contribution in [0.2, 0.25) is 5.02 Å². The number of sulfone groups is 1. The highest BCUT2D eigenvalue weighted by atomic mass is 35.5. The van der Waals surface area contributed by atoms with E-state index in [0.717, 1.165) is 34.4 Å². The molecule has 1 fully saturated rings. The minimum atomic E-state index is -3.16. The molecule has 224 valence electrons. The highest BCUT2D eigenvalue weighted by Gasteiger charge is 2.36. The summed E-state index contributed by atoms with van der Waals surface area (Å²) >= 11 is 9.19. The first kappa shape index (κ1) is 31.0. The first-order valence-corrected chi connectivity index (χ1v) is 18.0. The second-order valence-corrected chi connectivity index (χ2v) is 16.9. The molecule has 0 bridgehead atoms. The number of carbonyl (C=O) groups is 2. The number of aromatic nitrogens is 2. The van der Waals surface area contributed by atoms with Crippen LogP contribution in [0.1, 0.15) is 76.0 Å². The SMILES string of the molecule is Cc1cccc(CSc2ncc(Cl)c(C(=O)Nc3sc4c(c3C(=O)NC3CCS(=O)(=O)C3)CCC(C(C)(C)C)C4)n2)c1. The van der Waals surface area contributed by atoms with Crippen molar-refractivity contribution in [2.24, 2.45) is 11.3 Å². The number of nitrogens with one attached hydrogen (secondary N) is 2. The lowest BCUT2D eigenvalue weighted by Gasteiger charge is -2.33. The zero-order chi connectivity index (χ0) is 30.2. The van der Waals surface area contributed by atoms with Gasteiger partial charge in [0.05, 0.1) is 28.3 Å². The van der Waals surface area contributed by atoms with Crippen molar-refractivity contribution in [1.82, 2.24) is 15.3 Å². The van der Waals surface area contributed by atoms with Gasteiger partial charge in [-0.2, -0.15) is 0 Å². The molecule has 1 saturated heterocycles. The molecule has 0 spiro atoms. The Balaban J connectivity index is 1.40. The Kier molecular flexibility index (Phi) is 9.04. The number of anilines is 1. The van der Waals surface area contributed by atoms with E-state index in [1.165, 1.54) is 29.3 Å². The Morgan fingerprint density at radius 2 is 1.98 bits per heavy atom. The van der Waals surface area contributed by atoms with E-state index >= 15 is 0 Å². The summed E-state index contributed by atoms with van der Waals surface area (Å²) in [5.41, 5.74) is 3.76. The fraction of sp³-hybridized carbons (Fsp3) is 0.467. The molecule has 2 atom stereocenters. The second-order valence-electron chi connectivity index (χ2n) is 12.2. The maximum Gasteiger partial charge on any atom is 0.276 e. The molecule has 0 saturated carbocycles. The first-order valence-electron chi connectivity index (χ1n) is 14.0. The van der Waals surface area contributed by atoms with Gasteiger partial charge in [0, 0.05) is 16.7 Å². The average molecular weight is 647 g/mol. The summed E-state index contributed by atoms with van der Waals surface area (Å²) in [6, 6.07) is 7.70. The fourth-order valence-corrected chi connectivity index (χ4v) is 9.44. The van der Waals surface area contributed by atoms with Crippen LogP contribution in [0.3, 0.4) is 0 Å². The van der Waals surface area contributed by atoms with Crippen molar-refractivity contribution in [2.75, 3.05) is 16.8 Å². The van der Waals surface area contributed by atoms with Gasteiger partial charge >= 0.3 is 0 Å². The summed E-state index contributed by atoms with van der Waals surface area (Å²) < 4.78 is 24.0. The van der Waals surface area contributed by atoms with Crippen LogP contribution >= 0.6 is 34.7 Å². The maximum atomic E-state index is 13.6. The summed E-state index contributed by atoms with van der Waals surface area (Å²) in [6.07, 6.45) is 4.25. The number of benzene rings is 1. The Hall–Kier alpha value is -2.47. The normalized spacial score (nSPS) is 19.7. The number of rotatable bonds is 7. The van der Waals surface area contributed by atoms with E-state index < -0.39 is 21.8 Å². The van der Waals surface area contributed by atoms with Gasteiger partial charge < -0.3 is 10.6 Å². The van der Waals surface area contributed by atoms with Crippen molar-refractivity contribution >= 4 is 61.4 Å². The lowest BCUT2D eigenvalue weighted by atomic mass is 9.72. The molecule has 12 heteroatoms. The van der Waals surface area contributed by atoms with Crippen LogP contribution in [-0.4, -0.2) is 47.7 Å². The van der Waals surface area contributed by atoms with Gasteiger partial charge in [-0.25, -0.2) is 18.4 Å². The van der Waals surface area contributed by atoms with E-state index in [-0.39, 0.29) is 33.5 Å².